The Morgan fingerprint density at radius 3 is 2.25 bits per heavy atom. The van der Waals surface area contributed by atoms with Crippen molar-refractivity contribution in [3.8, 4) is 0 Å². The SMILES string of the molecule is CCCCCCCCOC(=S)SC(F)(F)F. The van der Waals surface area contributed by atoms with E-state index < -0.39 is 9.89 Å². The number of hydrogen-bond donors (Lipinski definition) is 0. The molecule has 0 N–H and O–H groups in total. The van der Waals surface area contributed by atoms with E-state index in [0.717, 1.165) is 19.3 Å². The Hall–Kier alpha value is 0.0300. The summed E-state index contributed by atoms with van der Waals surface area (Å²) in [4.78, 5) is 0. The molecule has 0 unspecified atom stereocenters. The highest BCUT2D eigenvalue weighted by Crippen LogP contribution is 2.31. The molecule has 6 heteroatoms. The van der Waals surface area contributed by atoms with Gasteiger partial charge in [-0.1, -0.05) is 39.0 Å². The lowest BCUT2D eigenvalue weighted by atomic mass is 10.1. The van der Waals surface area contributed by atoms with E-state index >= 15 is 0 Å². The van der Waals surface area contributed by atoms with Gasteiger partial charge in [0.05, 0.1) is 6.61 Å². The zero-order valence-electron chi connectivity index (χ0n) is 9.31. The van der Waals surface area contributed by atoms with Crippen molar-refractivity contribution in [2.75, 3.05) is 6.61 Å². The Bertz CT molecular complexity index is 195. The third kappa shape index (κ3) is 12.1. The predicted octanol–water partition coefficient (Wildman–Crippen LogP) is 4.90. The molecule has 0 radical (unpaired) electrons. The second kappa shape index (κ2) is 9.10. The van der Waals surface area contributed by atoms with Crippen molar-refractivity contribution < 1.29 is 17.9 Å². The Labute approximate surface area is 104 Å². The first-order chi connectivity index (χ1) is 7.45. The Balaban J connectivity index is 3.28. The van der Waals surface area contributed by atoms with Gasteiger partial charge in [-0.15, -0.1) is 0 Å². The molecule has 0 aliphatic rings. The number of thioether (sulfide) groups is 1. The zero-order chi connectivity index (χ0) is 12.4. The normalized spacial score (nSPS) is 11.5. The summed E-state index contributed by atoms with van der Waals surface area (Å²) >= 11 is 4.08. The van der Waals surface area contributed by atoms with Crippen LogP contribution in [-0.2, 0) is 4.74 Å². The van der Waals surface area contributed by atoms with Crippen LogP contribution in [0.1, 0.15) is 45.4 Å². The quantitative estimate of drug-likeness (QED) is 0.482. The highest BCUT2D eigenvalue weighted by Gasteiger charge is 2.31. The fourth-order valence-electron chi connectivity index (χ4n) is 1.16. The minimum absolute atomic E-state index is 0.286. The third-order valence-electron chi connectivity index (χ3n) is 1.92. The number of rotatable bonds is 7. The molecule has 0 heterocycles. The van der Waals surface area contributed by atoms with Crippen LogP contribution in [0.4, 0.5) is 13.2 Å². The second-order valence-electron chi connectivity index (χ2n) is 3.41. The molecule has 0 aliphatic carbocycles. The van der Waals surface area contributed by atoms with Gasteiger partial charge in [0.25, 0.3) is 0 Å². The Morgan fingerprint density at radius 1 is 1.12 bits per heavy atom. The van der Waals surface area contributed by atoms with Crippen LogP contribution in [0.25, 0.3) is 0 Å². The predicted molar refractivity (Wildman–Crippen MR) is 65.6 cm³/mol. The van der Waals surface area contributed by atoms with Gasteiger partial charge in [-0.2, -0.15) is 13.2 Å². The minimum atomic E-state index is -4.34. The molecule has 0 aromatic heterocycles. The van der Waals surface area contributed by atoms with Crippen LogP contribution in [0.15, 0.2) is 0 Å². The number of hydrogen-bond acceptors (Lipinski definition) is 3. The molecule has 1 nitrogen and oxygen atoms in total. The summed E-state index contributed by atoms with van der Waals surface area (Å²) in [6.45, 7) is 2.42. The van der Waals surface area contributed by atoms with Gasteiger partial charge in [0.15, 0.2) is 0 Å². The van der Waals surface area contributed by atoms with Crippen molar-refractivity contribution in [2.45, 2.75) is 51.0 Å². The average Bonchev–Trinajstić information content (AvgIpc) is 2.13. The van der Waals surface area contributed by atoms with Gasteiger partial charge in [-0.05, 0) is 18.6 Å². The maximum absolute atomic E-state index is 11.8. The van der Waals surface area contributed by atoms with E-state index in [1.165, 1.54) is 19.3 Å². The first kappa shape index (κ1) is 16.0. The van der Waals surface area contributed by atoms with Crippen LogP contribution in [0, 0.1) is 0 Å². The lowest BCUT2D eigenvalue weighted by Gasteiger charge is -2.08. The van der Waals surface area contributed by atoms with Gasteiger partial charge in [0.1, 0.15) is 0 Å². The van der Waals surface area contributed by atoms with Crippen LogP contribution in [0.5, 0.6) is 0 Å². The number of ether oxygens (including phenoxy) is 1. The van der Waals surface area contributed by atoms with Crippen molar-refractivity contribution in [2.24, 2.45) is 0 Å². The highest BCUT2D eigenvalue weighted by molar-refractivity contribution is 8.23. The molecule has 0 rings (SSSR count). The summed E-state index contributed by atoms with van der Waals surface area (Å²) in [5.74, 6) is 0. The molecular weight excluding hydrogens is 257 g/mol. The molecule has 96 valence electrons. The smallest absolute Gasteiger partial charge is 0.450 e. The maximum atomic E-state index is 11.8. The van der Waals surface area contributed by atoms with Crippen LogP contribution in [0.3, 0.4) is 0 Å². The largest absolute Gasteiger partial charge is 0.478 e. The standard InChI is InChI=1S/C10H17F3OS2/c1-2-3-4-5-6-7-8-14-9(15)16-10(11,12)13/h2-8H2,1H3. The number of unbranched alkanes of at least 4 members (excludes halogenated alkanes) is 5. The van der Waals surface area contributed by atoms with Crippen LogP contribution in [0.2, 0.25) is 0 Å². The highest BCUT2D eigenvalue weighted by atomic mass is 32.2. The number of alkyl halides is 3. The lowest BCUT2D eigenvalue weighted by Crippen LogP contribution is -2.08. The topological polar surface area (TPSA) is 9.23 Å². The summed E-state index contributed by atoms with van der Waals surface area (Å²) in [7, 11) is 0. The van der Waals surface area contributed by atoms with E-state index in [-0.39, 0.29) is 18.4 Å². The van der Waals surface area contributed by atoms with Gasteiger partial charge in [-0.25, -0.2) is 0 Å². The maximum Gasteiger partial charge on any atom is 0.450 e. The van der Waals surface area contributed by atoms with Crippen molar-refractivity contribution in [1.82, 2.24) is 0 Å². The lowest BCUT2D eigenvalue weighted by molar-refractivity contribution is -0.0319. The van der Waals surface area contributed by atoms with Crippen LogP contribution in [-0.4, -0.2) is 16.5 Å². The van der Waals surface area contributed by atoms with Crippen LogP contribution >= 0.6 is 24.0 Å². The zero-order valence-corrected chi connectivity index (χ0v) is 10.9. The van der Waals surface area contributed by atoms with Gasteiger partial charge < -0.3 is 4.74 Å². The van der Waals surface area contributed by atoms with E-state index in [1.54, 1.807) is 0 Å². The summed E-state index contributed by atoms with van der Waals surface area (Å²) in [6, 6.07) is 0. The molecule has 16 heavy (non-hydrogen) atoms. The molecule has 0 bridgehead atoms. The average molecular weight is 274 g/mol. The Kier molecular flexibility index (Phi) is 9.12. The third-order valence-corrected chi connectivity index (χ3v) is 2.80. The minimum Gasteiger partial charge on any atom is -0.478 e. The molecular formula is C10H17F3OS2. The summed E-state index contributed by atoms with van der Waals surface area (Å²) in [5.41, 5.74) is -4.34. The monoisotopic (exact) mass is 274 g/mol. The molecule has 0 aromatic rings. The molecule has 0 spiro atoms. The summed E-state index contributed by atoms with van der Waals surface area (Å²) in [5, 5.41) is 0. The van der Waals surface area contributed by atoms with Gasteiger partial charge in [0.2, 0.25) is 4.38 Å². The van der Waals surface area contributed by atoms with Crippen molar-refractivity contribution in [3.63, 3.8) is 0 Å². The number of thiocarbonyl (C=S) groups is 1. The molecule has 0 amide bonds. The summed E-state index contributed by atoms with van der Waals surface area (Å²) in [6.07, 6.45) is 6.43. The second-order valence-corrected chi connectivity index (χ2v) is 5.08. The van der Waals surface area contributed by atoms with E-state index in [9.17, 15) is 13.2 Å². The van der Waals surface area contributed by atoms with E-state index in [4.69, 9.17) is 4.74 Å². The molecule has 0 saturated carbocycles. The van der Waals surface area contributed by atoms with Crippen molar-refractivity contribution in [1.29, 1.82) is 0 Å². The van der Waals surface area contributed by atoms with E-state index in [0.29, 0.717) is 0 Å². The van der Waals surface area contributed by atoms with Gasteiger partial charge >= 0.3 is 5.51 Å². The molecule has 0 aliphatic heterocycles. The van der Waals surface area contributed by atoms with Crippen molar-refractivity contribution >= 4 is 28.4 Å². The van der Waals surface area contributed by atoms with Crippen molar-refractivity contribution in [3.05, 3.63) is 0 Å². The van der Waals surface area contributed by atoms with Crippen LogP contribution < -0.4 is 0 Å². The summed E-state index contributed by atoms with van der Waals surface area (Å²) < 4.78 is 39.8. The molecule has 0 atom stereocenters. The molecule has 0 fully saturated rings. The molecule has 0 aromatic carbocycles. The van der Waals surface area contributed by atoms with Gasteiger partial charge in [0, 0.05) is 11.8 Å². The van der Waals surface area contributed by atoms with E-state index in [1.807, 2.05) is 0 Å². The molecule has 0 saturated heterocycles. The number of halogens is 3. The first-order valence-electron chi connectivity index (χ1n) is 5.38. The fraction of sp³-hybridized carbons (Fsp3) is 0.900. The van der Waals surface area contributed by atoms with Gasteiger partial charge in [-0.3, -0.25) is 0 Å². The fourth-order valence-corrected chi connectivity index (χ4v) is 1.86. The first-order valence-corrected chi connectivity index (χ1v) is 6.60. The Morgan fingerprint density at radius 2 is 1.69 bits per heavy atom. The van der Waals surface area contributed by atoms with E-state index in [2.05, 4.69) is 19.1 Å².